The summed E-state index contributed by atoms with van der Waals surface area (Å²) in [5.74, 6) is 1.31. The van der Waals surface area contributed by atoms with Gasteiger partial charge in [-0.05, 0) is 55.5 Å². The van der Waals surface area contributed by atoms with Crippen LogP contribution in [0.5, 0.6) is 5.75 Å². The van der Waals surface area contributed by atoms with Gasteiger partial charge in [0.1, 0.15) is 5.75 Å². The zero-order chi connectivity index (χ0) is 18.7. The minimum absolute atomic E-state index is 0.0204. The number of amides is 1. The van der Waals surface area contributed by atoms with Crippen LogP contribution in [0.3, 0.4) is 0 Å². The quantitative estimate of drug-likeness (QED) is 0.789. The Kier molecular flexibility index (Phi) is 5.27. The van der Waals surface area contributed by atoms with Crippen LogP contribution in [0.2, 0.25) is 0 Å². The Hall–Kier alpha value is -2.80. The molecular weight excluding hydrogens is 324 g/mol. The van der Waals surface area contributed by atoms with Crippen LogP contribution in [0.15, 0.2) is 48.5 Å². The van der Waals surface area contributed by atoms with Crippen LogP contribution < -0.4 is 4.74 Å². The Bertz CT molecular complexity index is 821. The van der Waals surface area contributed by atoms with E-state index in [1.807, 2.05) is 49.1 Å². The zero-order valence-corrected chi connectivity index (χ0v) is 15.5. The minimum Gasteiger partial charge on any atom is -0.496 e. The van der Waals surface area contributed by atoms with Gasteiger partial charge in [0.15, 0.2) is 0 Å². The molecular formula is C22H24N2O2. The summed E-state index contributed by atoms with van der Waals surface area (Å²) < 4.78 is 5.45. The fourth-order valence-electron chi connectivity index (χ4n) is 3.39. The van der Waals surface area contributed by atoms with Crippen molar-refractivity contribution in [3.8, 4) is 11.8 Å². The number of para-hydroxylation sites is 1. The van der Waals surface area contributed by atoms with Crippen LogP contribution in [0, 0.1) is 17.2 Å². The highest BCUT2D eigenvalue weighted by Gasteiger charge is 2.47. The number of benzene rings is 2. The molecule has 1 aliphatic rings. The average molecular weight is 348 g/mol. The second kappa shape index (κ2) is 7.61. The Morgan fingerprint density at radius 3 is 2.54 bits per heavy atom. The molecule has 4 nitrogen and oxygen atoms in total. The largest absolute Gasteiger partial charge is 0.496 e. The summed E-state index contributed by atoms with van der Waals surface area (Å²) >= 11 is 0. The van der Waals surface area contributed by atoms with Gasteiger partial charge in [0.2, 0.25) is 5.91 Å². The molecule has 1 saturated carbocycles. The lowest BCUT2D eigenvalue weighted by Gasteiger charge is -2.27. The predicted octanol–water partition coefficient (Wildman–Crippen LogP) is 4.11. The number of ether oxygens (including phenoxy) is 1. The van der Waals surface area contributed by atoms with Gasteiger partial charge in [-0.15, -0.1) is 0 Å². The monoisotopic (exact) mass is 348 g/mol. The van der Waals surface area contributed by atoms with E-state index in [4.69, 9.17) is 10.00 Å². The molecule has 1 amide bonds. The standard InChI is InChI=1S/C22H24N2O2/c1-15(2)24(14-17-10-8-16(13-23)9-11-17)22(25)20-12-19(20)18-6-4-5-7-21(18)26-3/h4-11,15,19-20H,12,14H2,1-3H3. The number of carbonyl (C=O) groups excluding carboxylic acids is 1. The molecule has 2 aromatic rings. The first-order valence-corrected chi connectivity index (χ1v) is 8.97. The molecule has 134 valence electrons. The van der Waals surface area contributed by atoms with E-state index in [0.717, 1.165) is 23.3 Å². The van der Waals surface area contributed by atoms with Gasteiger partial charge in [0, 0.05) is 18.5 Å². The van der Waals surface area contributed by atoms with E-state index in [9.17, 15) is 4.79 Å². The van der Waals surface area contributed by atoms with Gasteiger partial charge in [-0.2, -0.15) is 5.26 Å². The van der Waals surface area contributed by atoms with Gasteiger partial charge >= 0.3 is 0 Å². The normalized spacial score (nSPS) is 18.3. The third-order valence-electron chi connectivity index (χ3n) is 4.99. The summed E-state index contributed by atoms with van der Waals surface area (Å²) in [4.78, 5) is 15.0. The highest BCUT2D eigenvalue weighted by atomic mass is 16.5. The molecule has 0 saturated heterocycles. The fraction of sp³-hybridized carbons (Fsp3) is 0.364. The molecule has 0 aliphatic heterocycles. The number of hydrogen-bond donors (Lipinski definition) is 0. The van der Waals surface area contributed by atoms with Crippen LogP contribution in [0.25, 0.3) is 0 Å². The Labute approximate surface area is 155 Å². The average Bonchev–Trinajstić information content (AvgIpc) is 3.46. The molecule has 0 heterocycles. The molecule has 0 N–H and O–H groups in total. The first-order chi connectivity index (χ1) is 12.5. The topological polar surface area (TPSA) is 53.3 Å². The van der Waals surface area contributed by atoms with Crippen molar-refractivity contribution >= 4 is 5.91 Å². The zero-order valence-electron chi connectivity index (χ0n) is 15.5. The summed E-state index contributed by atoms with van der Waals surface area (Å²) in [5.41, 5.74) is 2.80. The van der Waals surface area contributed by atoms with E-state index < -0.39 is 0 Å². The predicted molar refractivity (Wildman–Crippen MR) is 101 cm³/mol. The van der Waals surface area contributed by atoms with E-state index in [0.29, 0.717) is 12.1 Å². The summed E-state index contributed by atoms with van der Waals surface area (Å²) in [7, 11) is 1.67. The molecule has 1 aliphatic carbocycles. The molecule has 0 radical (unpaired) electrons. The highest BCUT2D eigenvalue weighted by Crippen LogP contribution is 2.51. The van der Waals surface area contributed by atoms with Gasteiger partial charge < -0.3 is 9.64 Å². The van der Waals surface area contributed by atoms with E-state index in [-0.39, 0.29) is 23.8 Å². The van der Waals surface area contributed by atoms with Crippen molar-refractivity contribution in [3.63, 3.8) is 0 Å². The van der Waals surface area contributed by atoms with E-state index >= 15 is 0 Å². The van der Waals surface area contributed by atoms with Crippen LogP contribution in [0.4, 0.5) is 0 Å². The molecule has 0 spiro atoms. The summed E-state index contributed by atoms with van der Waals surface area (Å²) in [5, 5.41) is 8.92. The second-order valence-electron chi connectivity index (χ2n) is 7.06. The van der Waals surface area contributed by atoms with Gasteiger partial charge in [-0.3, -0.25) is 4.79 Å². The summed E-state index contributed by atoms with van der Waals surface area (Å²) in [6.07, 6.45) is 0.871. The van der Waals surface area contributed by atoms with E-state index in [1.165, 1.54) is 0 Å². The Morgan fingerprint density at radius 1 is 1.23 bits per heavy atom. The molecule has 2 atom stereocenters. The molecule has 1 fully saturated rings. The van der Waals surface area contributed by atoms with Crippen molar-refractivity contribution in [2.75, 3.05) is 7.11 Å². The smallest absolute Gasteiger partial charge is 0.226 e. The molecule has 0 aromatic heterocycles. The number of nitriles is 1. The molecule has 4 heteroatoms. The third-order valence-corrected chi connectivity index (χ3v) is 4.99. The molecule has 0 bridgehead atoms. The van der Waals surface area contributed by atoms with Crippen LogP contribution in [-0.2, 0) is 11.3 Å². The lowest BCUT2D eigenvalue weighted by atomic mass is 10.1. The first-order valence-electron chi connectivity index (χ1n) is 8.97. The van der Waals surface area contributed by atoms with Crippen molar-refractivity contribution in [3.05, 3.63) is 65.2 Å². The van der Waals surface area contributed by atoms with Gasteiger partial charge in [0.05, 0.1) is 18.7 Å². The molecule has 3 rings (SSSR count). The lowest BCUT2D eigenvalue weighted by Crippen LogP contribution is -2.37. The highest BCUT2D eigenvalue weighted by molar-refractivity contribution is 5.83. The van der Waals surface area contributed by atoms with Gasteiger partial charge in [-0.1, -0.05) is 30.3 Å². The van der Waals surface area contributed by atoms with Crippen molar-refractivity contribution in [1.82, 2.24) is 4.90 Å². The lowest BCUT2D eigenvalue weighted by molar-refractivity contribution is -0.135. The van der Waals surface area contributed by atoms with Crippen molar-refractivity contribution in [1.29, 1.82) is 5.26 Å². The number of carbonyl (C=O) groups is 1. The number of rotatable bonds is 6. The van der Waals surface area contributed by atoms with Crippen molar-refractivity contribution in [2.24, 2.45) is 5.92 Å². The van der Waals surface area contributed by atoms with Crippen molar-refractivity contribution < 1.29 is 9.53 Å². The first kappa shape index (κ1) is 18.0. The Morgan fingerprint density at radius 2 is 1.92 bits per heavy atom. The SMILES string of the molecule is COc1ccccc1C1CC1C(=O)N(Cc1ccc(C#N)cc1)C(C)C. The van der Waals surface area contributed by atoms with Crippen molar-refractivity contribution in [2.45, 2.75) is 38.8 Å². The van der Waals surface area contributed by atoms with E-state index in [2.05, 4.69) is 12.1 Å². The fourth-order valence-corrected chi connectivity index (χ4v) is 3.39. The number of nitrogens with zero attached hydrogens (tertiary/aromatic N) is 2. The molecule has 26 heavy (non-hydrogen) atoms. The summed E-state index contributed by atoms with van der Waals surface area (Å²) in [6.45, 7) is 4.65. The number of hydrogen-bond acceptors (Lipinski definition) is 3. The van der Waals surface area contributed by atoms with Gasteiger partial charge in [0.25, 0.3) is 0 Å². The maximum absolute atomic E-state index is 13.1. The van der Waals surface area contributed by atoms with Gasteiger partial charge in [-0.25, -0.2) is 0 Å². The summed E-state index contributed by atoms with van der Waals surface area (Å²) in [6, 6.07) is 17.6. The number of methoxy groups -OCH3 is 1. The molecule has 2 unspecified atom stereocenters. The minimum atomic E-state index is 0.0204. The van der Waals surface area contributed by atoms with Crippen LogP contribution in [-0.4, -0.2) is 24.0 Å². The van der Waals surface area contributed by atoms with Crippen LogP contribution >= 0.6 is 0 Å². The van der Waals surface area contributed by atoms with E-state index in [1.54, 1.807) is 19.2 Å². The molecule has 2 aromatic carbocycles. The maximum atomic E-state index is 13.1. The van der Waals surface area contributed by atoms with Crippen LogP contribution in [0.1, 0.15) is 42.9 Å². The second-order valence-corrected chi connectivity index (χ2v) is 7.06. The maximum Gasteiger partial charge on any atom is 0.226 e. The Balaban J connectivity index is 1.73. The third kappa shape index (κ3) is 3.72.